The van der Waals surface area contributed by atoms with Crippen molar-refractivity contribution in [3.63, 3.8) is 0 Å². The second-order valence-corrected chi connectivity index (χ2v) is 4.60. The van der Waals surface area contributed by atoms with Crippen molar-refractivity contribution in [2.45, 2.75) is 19.9 Å². The van der Waals surface area contributed by atoms with Crippen LogP contribution in [0.3, 0.4) is 0 Å². The summed E-state index contributed by atoms with van der Waals surface area (Å²) in [7, 11) is 0. The van der Waals surface area contributed by atoms with E-state index in [0.717, 1.165) is 15.4 Å². The maximum Gasteiger partial charge on any atom is 0.307 e. The third-order valence-electron chi connectivity index (χ3n) is 2.60. The molecule has 0 amide bonds. The van der Waals surface area contributed by atoms with Gasteiger partial charge in [-0.15, -0.1) is 0 Å². The molecule has 17 heavy (non-hydrogen) atoms. The normalized spacial score (nSPS) is 10.7. The number of benzene rings is 1. The van der Waals surface area contributed by atoms with Crippen LogP contribution in [0.5, 0.6) is 0 Å². The SMILES string of the molecule is CCOC(=O)CCn1cc(Br)c2ccccc21. The molecule has 0 aliphatic rings. The molecule has 1 heterocycles. The van der Waals surface area contributed by atoms with Gasteiger partial charge in [-0.05, 0) is 28.9 Å². The van der Waals surface area contributed by atoms with Crippen molar-refractivity contribution in [3.8, 4) is 0 Å². The Morgan fingerprint density at radius 2 is 2.18 bits per heavy atom. The standard InChI is InChI=1S/C13H14BrNO2/c1-2-17-13(16)7-8-15-9-11(14)10-5-3-4-6-12(10)15/h3-6,9H,2,7-8H2,1H3. The number of fused-ring (bicyclic) bond motifs is 1. The molecular formula is C13H14BrNO2. The highest BCUT2D eigenvalue weighted by molar-refractivity contribution is 9.10. The van der Waals surface area contributed by atoms with E-state index in [9.17, 15) is 4.79 Å². The van der Waals surface area contributed by atoms with Gasteiger partial charge in [-0.1, -0.05) is 18.2 Å². The number of aryl methyl sites for hydroxylation is 1. The molecule has 0 radical (unpaired) electrons. The van der Waals surface area contributed by atoms with Crippen LogP contribution in [0.25, 0.3) is 10.9 Å². The van der Waals surface area contributed by atoms with E-state index in [4.69, 9.17) is 4.74 Å². The number of esters is 1. The Balaban J connectivity index is 2.16. The van der Waals surface area contributed by atoms with Gasteiger partial charge in [-0.3, -0.25) is 4.79 Å². The minimum atomic E-state index is -0.151. The molecule has 1 aromatic heterocycles. The summed E-state index contributed by atoms with van der Waals surface area (Å²) < 4.78 is 8.04. The highest BCUT2D eigenvalue weighted by Crippen LogP contribution is 2.25. The number of hydrogen-bond acceptors (Lipinski definition) is 2. The first-order chi connectivity index (χ1) is 8.22. The van der Waals surface area contributed by atoms with Crippen LogP contribution in [0.2, 0.25) is 0 Å². The van der Waals surface area contributed by atoms with Gasteiger partial charge in [0.05, 0.1) is 13.0 Å². The van der Waals surface area contributed by atoms with Crippen molar-refractivity contribution in [1.29, 1.82) is 0 Å². The van der Waals surface area contributed by atoms with Crippen molar-refractivity contribution in [2.24, 2.45) is 0 Å². The second kappa shape index (κ2) is 5.36. The fourth-order valence-electron chi connectivity index (χ4n) is 1.83. The molecule has 0 spiro atoms. The van der Waals surface area contributed by atoms with Gasteiger partial charge in [0, 0.05) is 28.1 Å². The van der Waals surface area contributed by atoms with Crippen molar-refractivity contribution in [2.75, 3.05) is 6.61 Å². The zero-order valence-electron chi connectivity index (χ0n) is 9.65. The molecule has 2 aromatic rings. The van der Waals surface area contributed by atoms with Gasteiger partial charge in [0.1, 0.15) is 0 Å². The zero-order valence-corrected chi connectivity index (χ0v) is 11.2. The summed E-state index contributed by atoms with van der Waals surface area (Å²) in [4.78, 5) is 11.3. The molecule has 0 saturated carbocycles. The zero-order chi connectivity index (χ0) is 12.3. The molecule has 0 bridgehead atoms. The maximum atomic E-state index is 11.3. The summed E-state index contributed by atoms with van der Waals surface area (Å²) in [5.74, 6) is -0.151. The van der Waals surface area contributed by atoms with Crippen LogP contribution in [0.15, 0.2) is 34.9 Å². The van der Waals surface area contributed by atoms with Crippen LogP contribution in [0, 0.1) is 0 Å². The Morgan fingerprint density at radius 3 is 2.94 bits per heavy atom. The van der Waals surface area contributed by atoms with Crippen LogP contribution < -0.4 is 0 Å². The highest BCUT2D eigenvalue weighted by atomic mass is 79.9. The van der Waals surface area contributed by atoms with E-state index >= 15 is 0 Å². The van der Waals surface area contributed by atoms with Crippen LogP contribution >= 0.6 is 15.9 Å². The number of halogens is 1. The molecule has 2 rings (SSSR count). The molecule has 0 aliphatic heterocycles. The van der Waals surface area contributed by atoms with Gasteiger partial charge >= 0.3 is 5.97 Å². The predicted molar refractivity (Wildman–Crippen MR) is 70.9 cm³/mol. The number of ether oxygens (including phenoxy) is 1. The monoisotopic (exact) mass is 295 g/mol. The van der Waals surface area contributed by atoms with Crippen LogP contribution in [0.1, 0.15) is 13.3 Å². The van der Waals surface area contributed by atoms with E-state index in [-0.39, 0.29) is 5.97 Å². The Labute approximate surface area is 108 Å². The number of para-hydroxylation sites is 1. The third-order valence-corrected chi connectivity index (χ3v) is 3.23. The fraction of sp³-hybridized carbons (Fsp3) is 0.308. The van der Waals surface area contributed by atoms with Crippen LogP contribution in [0.4, 0.5) is 0 Å². The summed E-state index contributed by atoms with van der Waals surface area (Å²) >= 11 is 3.52. The minimum absolute atomic E-state index is 0.151. The molecule has 0 N–H and O–H groups in total. The van der Waals surface area contributed by atoms with Crippen molar-refractivity contribution < 1.29 is 9.53 Å². The van der Waals surface area contributed by atoms with E-state index in [1.807, 2.05) is 31.3 Å². The molecule has 0 unspecified atom stereocenters. The van der Waals surface area contributed by atoms with Crippen LogP contribution in [-0.4, -0.2) is 17.1 Å². The molecular weight excluding hydrogens is 282 g/mol. The molecule has 4 heteroatoms. The Bertz CT molecular complexity index is 533. The third kappa shape index (κ3) is 2.69. The maximum absolute atomic E-state index is 11.3. The average molecular weight is 296 g/mol. The van der Waals surface area contributed by atoms with E-state index in [1.54, 1.807) is 0 Å². The van der Waals surface area contributed by atoms with Gasteiger partial charge in [-0.25, -0.2) is 0 Å². The van der Waals surface area contributed by atoms with E-state index in [0.29, 0.717) is 19.6 Å². The van der Waals surface area contributed by atoms with Gasteiger partial charge in [0.15, 0.2) is 0 Å². The van der Waals surface area contributed by atoms with Crippen molar-refractivity contribution >= 4 is 32.8 Å². The lowest BCUT2D eigenvalue weighted by atomic mass is 10.2. The summed E-state index contributed by atoms with van der Waals surface area (Å²) in [5, 5.41) is 1.16. The van der Waals surface area contributed by atoms with Gasteiger partial charge in [0.25, 0.3) is 0 Å². The second-order valence-electron chi connectivity index (χ2n) is 3.74. The molecule has 0 saturated heterocycles. The smallest absolute Gasteiger partial charge is 0.307 e. The van der Waals surface area contributed by atoms with Gasteiger partial charge in [0.2, 0.25) is 0 Å². The van der Waals surface area contributed by atoms with E-state index < -0.39 is 0 Å². The first kappa shape index (κ1) is 12.2. The van der Waals surface area contributed by atoms with Gasteiger partial charge < -0.3 is 9.30 Å². The Kier molecular flexibility index (Phi) is 3.84. The Morgan fingerprint density at radius 1 is 1.41 bits per heavy atom. The highest BCUT2D eigenvalue weighted by Gasteiger charge is 2.07. The molecule has 1 aromatic carbocycles. The number of nitrogens with zero attached hydrogens (tertiary/aromatic N) is 1. The largest absolute Gasteiger partial charge is 0.466 e. The first-order valence-electron chi connectivity index (χ1n) is 5.61. The predicted octanol–water partition coefficient (Wildman–Crippen LogP) is 3.36. The quantitative estimate of drug-likeness (QED) is 0.810. The van der Waals surface area contributed by atoms with Gasteiger partial charge in [-0.2, -0.15) is 0 Å². The number of hydrogen-bond donors (Lipinski definition) is 0. The lowest BCUT2D eigenvalue weighted by Crippen LogP contribution is -2.08. The molecule has 0 atom stereocenters. The number of carbonyl (C=O) groups is 1. The lowest BCUT2D eigenvalue weighted by molar-refractivity contribution is -0.143. The summed E-state index contributed by atoms with van der Waals surface area (Å²) in [6, 6.07) is 8.10. The van der Waals surface area contributed by atoms with E-state index in [2.05, 4.69) is 26.6 Å². The number of rotatable bonds is 4. The van der Waals surface area contributed by atoms with E-state index in [1.165, 1.54) is 0 Å². The summed E-state index contributed by atoms with van der Waals surface area (Å²) in [6.07, 6.45) is 2.41. The number of aromatic nitrogens is 1. The molecule has 0 aliphatic carbocycles. The minimum Gasteiger partial charge on any atom is -0.466 e. The lowest BCUT2D eigenvalue weighted by Gasteiger charge is -2.04. The Hall–Kier alpha value is -1.29. The average Bonchev–Trinajstić information content (AvgIpc) is 2.65. The van der Waals surface area contributed by atoms with Crippen LogP contribution in [-0.2, 0) is 16.1 Å². The molecule has 3 nitrogen and oxygen atoms in total. The number of carbonyl (C=O) groups excluding carboxylic acids is 1. The fourth-order valence-corrected chi connectivity index (χ4v) is 2.41. The summed E-state index contributed by atoms with van der Waals surface area (Å²) in [6.45, 7) is 2.90. The molecule has 90 valence electrons. The first-order valence-corrected chi connectivity index (χ1v) is 6.40. The van der Waals surface area contributed by atoms with Crippen molar-refractivity contribution in [3.05, 3.63) is 34.9 Å². The summed E-state index contributed by atoms with van der Waals surface area (Å²) in [5.41, 5.74) is 1.13. The van der Waals surface area contributed by atoms with Crippen molar-refractivity contribution in [1.82, 2.24) is 4.57 Å². The topological polar surface area (TPSA) is 31.2 Å². The molecule has 0 fully saturated rings.